The van der Waals surface area contributed by atoms with Gasteiger partial charge in [0, 0.05) is 24.5 Å². The molecule has 0 unspecified atom stereocenters. The van der Waals surface area contributed by atoms with Crippen molar-refractivity contribution in [3.05, 3.63) is 46.8 Å². The van der Waals surface area contributed by atoms with Gasteiger partial charge in [-0.05, 0) is 44.0 Å². The van der Waals surface area contributed by atoms with Crippen LogP contribution in [0.25, 0.3) is 0 Å². The van der Waals surface area contributed by atoms with E-state index in [0.29, 0.717) is 37.9 Å². The number of rotatable bonds is 3. The van der Waals surface area contributed by atoms with E-state index in [1.54, 1.807) is 11.0 Å². The molecule has 1 fully saturated rings. The summed E-state index contributed by atoms with van der Waals surface area (Å²) >= 11 is 0. The standard InChI is InChI=1S/C18H22N4O2/c1-12-4-5-13(2)15(10-12)20-18-19-14(3)11-16(21-18)17(23)22-6-8-24-9-7-22/h4-5,10-11H,6-9H2,1-3H3,(H,19,20,21). The first kappa shape index (κ1) is 16.4. The van der Waals surface area contributed by atoms with Crippen molar-refractivity contribution in [1.82, 2.24) is 14.9 Å². The molecule has 126 valence electrons. The van der Waals surface area contributed by atoms with E-state index in [9.17, 15) is 4.79 Å². The third-order valence-electron chi connectivity index (χ3n) is 4.01. The van der Waals surface area contributed by atoms with Gasteiger partial charge < -0.3 is 15.0 Å². The lowest BCUT2D eigenvalue weighted by atomic mass is 10.1. The number of anilines is 2. The zero-order chi connectivity index (χ0) is 17.1. The van der Waals surface area contributed by atoms with Crippen molar-refractivity contribution in [2.75, 3.05) is 31.6 Å². The molecule has 1 aromatic heterocycles. The Kier molecular flexibility index (Phi) is 4.76. The Morgan fingerprint density at radius 3 is 2.62 bits per heavy atom. The van der Waals surface area contributed by atoms with Crippen molar-refractivity contribution < 1.29 is 9.53 Å². The van der Waals surface area contributed by atoms with Gasteiger partial charge in [-0.3, -0.25) is 4.79 Å². The highest BCUT2D eigenvalue weighted by atomic mass is 16.5. The molecule has 3 rings (SSSR count). The highest BCUT2D eigenvalue weighted by Crippen LogP contribution is 2.20. The maximum absolute atomic E-state index is 12.6. The van der Waals surface area contributed by atoms with Gasteiger partial charge in [0.25, 0.3) is 5.91 Å². The van der Waals surface area contributed by atoms with E-state index in [1.807, 2.05) is 32.9 Å². The first-order valence-corrected chi connectivity index (χ1v) is 8.10. The van der Waals surface area contributed by atoms with Crippen LogP contribution in [0.1, 0.15) is 27.3 Å². The summed E-state index contributed by atoms with van der Waals surface area (Å²) in [4.78, 5) is 23.2. The van der Waals surface area contributed by atoms with Crippen LogP contribution < -0.4 is 5.32 Å². The average Bonchev–Trinajstić information content (AvgIpc) is 2.58. The first-order chi connectivity index (χ1) is 11.5. The Labute approximate surface area is 141 Å². The molecule has 6 nitrogen and oxygen atoms in total. The Morgan fingerprint density at radius 1 is 1.12 bits per heavy atom. The topological polar surface area (TPSA) is 67.4 Å². The Bertz CT molecular complexity index is 755. The van der Waals surface area contributed by atoms with Gasteiger partial charge in [-0.1, -0.05) is 12.1 Å². The summed E-state index contributed by atoms with van der Waals surface area (Å²) in [5.74, 6) is 0.369. The van der Waals surface area contributed by atoms with Crippen molar-refractivity contribution in [2.45, 2.75) is 20.8 Å². The van der Waals surface area contributed by atoms with Crippen molar-refractivity contribution in [3.8, 4) is 0 Å². The van der Waals surface area contributed by atoms with Gasteiger partial charge in [-0.25, -0.2) is 9.97 Å². The number of carbonyl (C=O) groups excluding carboxylic acids is 1. The number of benzene rings is 1. The van der Waals surface area contributed by atoms with Crippen LogP contribution in [0.5, 0.6) is 0 Å². The molecule has 24 heavy (non-hydrogen) atoms. The second kappa shape index (κ2) is 6.97. The molecule has 0 radical (unpaired) electrons. The van der Waals surface area contributed by atoms with E-state index in [2.05, 4.69) is 21.4 Å². The first-order valence-electron chi connectivity index (χ1n) is 8.10. The molecule has 1 aliphatic heterocycles. The summed E-state index contributed by atoms with van der Waals surface area (Å²) in [5, 5.41) is 3.23. The summed E-state index contributed by atoms with van der Waals surface area (Å²) in [5.41, 5.74) is 4.38. The molecule has 1 amide bonds. The number of morpholine rings is 1. The number of amides is 1. The third kappa shape index (κ3) is 3.71. The Hall–Kier alpha value is -2.47. The van der Waals surface area contributed by atoms with E-state index in [0.717, 1.165) is 22.5 Å². The van der Waals surface area contributed by atoms with Crippen molar-refractivity contribution in [2.24, 2.45) is 0 Å². The van der Waals surface area contributed by atoms with E-state index in [-0.39, 0.29) is 5.91 Å². The summed E-state index contributed by atoms with van der Waals surface area (Å²) in [7, 11) is 0. The van der Waals surface area contributed by atoms with Gasteiger partial charge in [-0.15, -0.1) is 0 Å². The minimum absolute atomic E-state index is 0.0761. The maximum atomic E-state index is 12.6. The second-order valence-corrected chi connectivity index (χ2v) is 6.07. The fraction of sp³-hybridized carbons (Fsp3) is 0.389. The monoisotopic (exact) mass is 326 g/mol. The van der Waals surface area contributed by atoms with Crippen LogP contribution in [0.3, 0.4) is 0 Å². The molecule has 1 N–H and O–H groups in total. The van der Waals surface area contributed by atoms with Gasteiger partial charge >= 0.3 is 0 Å². The highest BCUT2D eigenvalue weighted by molar-refractivity contribution is 5.92. The van der Waals surface area contributed by atoms with E-state index in [4.69, 9.17) is 4.74 Å². The zero-order valence-corrected chi connectivity index (χ0v) is 14.3. The molecule has 1 saturated heterocycles. The highest BCUT2D eigenvalue weighted by Gasteiger charge is 2.20. The van der Waals surface area contributed by atoms with Crippen LogP contribution in [-0.4, -0.2) is 47.1 Å². The fourth-order valence-corrected chi connectivity index (χ4v) is 2.65. The Morgan fingerprint density at radius 2 is 1.88 bits per heavy atom. The smallest absolute Gasteiger partial charge is 0.272 e. The molecular formula is C18H22N4O2. The van der Waals surface area contributed by atoms with Gasteiger partial charge in [0.05, 0.1) is 13.2 Å². The summed E-state index contributed by atoms with van der Waals surface area (Å²) in [6.07, 6.45) is 0. The minimum Gasteiger partial charge on any atom is -0.378 e. The van der Waals surface area contributed by atoms with E-state index in [1.165, 1.54) is 0 Å². The number of nitrogens with zero attached hydrogens (tertiary/aromatic N) is 3. The summed E-state index contributed by atoms with van der Waals surface area (Å²) in [6.45, 7) is 8.27. The minimum atomic E-state index is -0.0761. The molecule has 0 spiro atoms. The van der Waals surface area contributed by atoms with Crippen LogP contribution in [0.4, 0.5) is 11.6 Å². The largest absolute Gasteiger partial charge is 0.378 e. The van der Waals surface area contributed by atoms with Crippen LogP contribution in [0.15, 0.2) is 24.3 Å². The van der Waals surface area contributed by atoms with Gasteiger partial charge in [0.15, 0.2) is 0 Å². The SMILES string of the molecule is Cc1ccc(C)c(Nc2nc(C)cc(C(=O)N3CCOCC3)n2)c1. The van der Waals surface area contributed by atoms with Crippen molar-refractivity contribution in [1.29, 1.82) is 0 Å². The number of aryl methyl sites for hydroxylation is 3. The second-order valence-electron chi connectivity index (χ2n) is 6.07. The van der Waals surface area contributed by atoms with Crippen LogP contribution >= 0.6 is 0 Å². The molecule has 2 aromatic rings. The van der Waals surface area contributed by atoms with E-state index >= 15 is 0 Å². The molecule has 6 heteroatoms. The molecule has 0 aliphatic carbocycles. The fourth-order valence-electron chi connectivity index (χ4n) is 2.65. The van der Waals surface area contributed by atoms with Gasteiger partial charge in [0.1, 0.15) is 5.69 Å². The molecule has 1 aliphatic rings. The van der Waals surface area contributed by atoms with Gasteiger partial charge in [0.2, 0.25) is 5.95 Å². The lowest BCUT2D eigenvalue weighted by molar-refractivity contribution is 0.0299. The van der Waals surface area contributed by atoms with Crippen molar-refractivity contribution >= 4 is 17.5 Å². The Balaban J connectivity index is 1.85. The summed E-state index contributed by atoms with van der Waals surface area (Å²) < 4.78 is 5.30. The number of nitrogens with one attached hydrogen (secondary N) is 1. The quantitative estimate of drug-likeness (QED) is 0.939. The number of ether oxygens (including phenoxy) is 1. The molecular weight excluding hydrogens is 304 g/mol. The van der Waals surface area contributed by atoms with Crippen LogP contribution in [-0.2, 0) is 4.74 Å². The number of carbonyl (C=O) groups is 1. The lowest BCUT2D eigenvalue weighted by Gasteiger charge is -2.26. The maximum Gasteiger partial charge on any atom is 0.272 e. The van der Waals surface area contributed by atoms with Gasteiger partial charge in [-0.2, -0.15) is 0 Å². The zero-order valence-electron chi connectivity index (χ0n) is 14.3. The molecule has 0 saturated carbocycles. The van der Waals surface area contributed by atoms with E-state index < -0.39 is 0 Å². The molecule has 0 bridgehead atoms. The van der Waals surface area contributed by atoms with Crippen LogP contribution in [0.2, 0.25) is 0 Å². The predicted molar refractivity (Wildman–Crippen MR) is 92.7 cm³/mol. The average molecular weight is 326 g/mol. The third-order valence-corrected chi connectivity index (χ3v) is 4.01. The summed E-state index contributed by atoms with van der Waals surface area (Å²) in [6, 6.07) is 7.88. The molecule has 2 heterocycles. The normalized spacial score (nSPS) is 14.5. The number of hydrogen-bond acceptors (Lipinski definition) is 5. The molecule has 1 aromatic carbocycles. The van der Waals surface area contributed by atoms with Crippen molar-refractivity contribution in [3.63, 3.8) is 0 Å². The lowest BCUT2D eigenvalue weighted by Crippen LogP contribution is -2.41. The predicted octanol–water partition coefficient (Wildman–Crippen LogP) is 2.62. The number of hydrogen-bond donors (Lipinski definition) is 1. The molecule has 0 atom stereocenters. The number of aromatic nitrogens is 2. The van der Waals surface area contributed by atoms with Crippen LogP contribution in [0, 0.1) is 20.8 Å².